The number of hydrogen-bond acceptors (Lipinski definition) is 9. The van der Waals surface area contributed by atoms with Gasteiger partial charge in [-0.25, -0.2) is 0 Å². The molecule has 1 heterocycles. The second kappa shape index (κ2) is 8.57. The Hall–Kier alpha value is 0.770. The second-order valence-corrected chi connectivity index (χ2v) is 12.1. The van der Waals surface area contributed by atoms with E-state index in [9.17, 15) is 0 Å². The molecule has 130 valence electrons. The Morgan fingerprint density at radius 3 is 2.05 bits per heavy atom. The van der Waals surface area contributed by atoms with Crippen LogP contribution >= 0.6 is 23.7 Å². The maximum atomic E-state index is 5.80. The van der Waals surface area contributed by atoms with E-state index in [1.807, 2.05) is 20.8 Å². The molecule has 0 radical (unpaired) electrons. The van der Waals surface area contributed by atoms with Crippen molar-refractivity contribution in [1.29, 1.82) is 0 Å². The summed E-state index contributed by atoms with van der Waals surface area (Å²) < 4.78 is 38.6. The maximum absolute atomic E-state index is 5.80. The molecule has 21 heavy (non-hydrogen) atoms. The predicted octanol–water partition coefficient (Wildman–Crippen LogP) is 2.99. The van der Waals surface area contributed by atoms with Crippen molar-refractivity contribution in [1.82, 2.24) is 9.72 Å². The molecule has 0 fully saturated rings. The summed E-state index contributed by atoms with van der Waals surface area (Å²) in [4.78, 5) is 6.40. The van der Waals surface area contributed by atoms with Crippen LogP contribution in [-0.2, 0) is 27.1 Å². The summed E-state index contributed by atoms with van der Waals surface area (Å²) in [5.41, 5.74) is 0. The average molecular weight is 367 g/mol. The molecule has 1 aliphatic heterocycles. The minimum absolute atomic E-state index is 0.429. The van der Waals surface area contributed by atoms with E-state index in [-0.39, 0.29) is 0 Å². The van der Waals surface area contributed by atoms with Crippen molar-refractivity contribution in [3.8, 4) is 0 Å². The van der Waals surface area contributed by atoms with Gasteiger partial charge in [-0.2, -0.15) is 0 Å². The third kappa shape index (κ3) is 4.63. The van der Waals surface area contributed by atoms with Gasteiger partial charge < -0.3 is 0 Å². The fourth-order valence-electron chi connectivity index (χ4n) is 1.86. The van der Waals surface area contributed by atoms with Crippen LogP contribution in [0, 0.1) is 0 Å². The molecule has 0 amide bonds. The summed E-state index contributed by atoms with van der Waals surface area (Å²) in [6, 6.07) is 0. The summed E-state index contributed by atoms with van der Waals surface area (Å²) >= 11 is 0. The monoisotopic (exact) mass is 367 g/mol. The summed E-state index contributed by atoms with van der Waals surface area (Å²) in [6.07, 6.45) is 0. The first kappa shape index (κ1) is 19.8. The van der Waals surface area contributed by atoms with Crippen molar-refractivity contribution in [3.63, 3.8) is 0 Å². The number of rotatable bonds is 9. The molecule has 0 spiro atoms. The van der Waals surface area contributed by atoms with E-state index < -0.39 is 23.7 Å². The van der Waals surface area contributed by atoms with Crippen LogP contribution in [0.1, 0.15) is 20.8 Å². The average Bonchev–Trinajstić information content (AvgIpc) is 2.48. The van der Waals surface area contributed by atoms with Crippen molar-refractivity contribution in [3.05, 3.63) is 0 Å². The fourth-order valence-corrected chi connectivity index (χ4v) is 13.7. The Balaban J connectivity index is 3.33. The van der Waals surface area contributed by atoms with E-state index in [2.05, 4.69) is 14.2 Å². The van der Waals surface area contributed by atoms with Gasteiger partial charge in [-0.1, -0.05) is 0 Å². The Labute approximate surface area is 127 Å². The molecule has 0 saturated heterocycles. The van der Waals surface area contributed by atoms with Gasteiger partial charge in [0.15, 0.2) is 0 Å². The van der Waals surface area contributed by atoms with Crippen LogP contribution in [0.5, 0.6) is 0 Å². The van der Waals surface area contributed by atoms with Gasteiger partial charge in [0, 0.05) is 0 Å². The zero-order valence-electron chi connectivity index (χ0n) is 13.5. The van der Waals surface area contributed by atoms with E-state index >= 15 is 0 Å². The van der Waals surface area contributed by atoms with Crippen LogP contribution in [-0.4, -0.2) is 41.2 Å². The second-order valence-electron chi connectivity index (χ2n) is 3.93. The normalized spacial score (nSPS) is 30.4. The summed E-state index contributed by atoms with van der Waals surface area (Å²) in [7, 11) is -4.28. The molecule has 1 unspecified atom stereocenters. The van der Waals surface area contributed by atoms with Crippen LogP contribution in [0.4, 0.5) is 0 Å². The van der Waals surface area contributed by atoms with Crippen LogP contribution in [0.2, 0.25) is 0 Å². The SMILES string of the molecule is CCOP1(OC)=N[PH](OC)(OCC)N[PH](OC)(OCC)N1. The molecule has 2 N–H and O–H groups in total. The Morgan fingerprint density at radius 2 is 1.62 bits per heavy atom. The van der Waals surface area contributed by atoms with E-state index in [1.54, 1.807) is 14.2 Å². The molecule has 0 aromatic heterocycles. The zero-order valence-corrected chi connectivity index (χ0v) is 16.4. The molecular formula is C9H28N3O6P3. The van der Waals surface area contributed by atoms with E-state index in [0.717, 1.165) is 0 Å². The third-order valence-corrected chi connectivity index (χ3v) is 13.3. The fraction of sp³-hybridized carbons (Fsp3) is 1.00. The van der Waals surface area contributed by atoms with Crippen molar-refractivity contribution in [2.24, 2.45) is 4.52 Å². The first-order valence-electron chi connectivity index (χ1n) is 6.79. The summed E-state index contributed by atoms with van der Waals surface area (Å²) in [5.74, 6) is 0. The van der Waals surface area contributed by atoms with Gasteiger partial charge in [0.05, 0.1) is 0 Å². The molecule has 0 aromatic carbocycles. The number of nitrogens with zero attached hydrogens (tertiary/aromatic N) is 1. The molecule has 1 aliphatic rings. The minimum atomic E-state index is -3.12. The van der Waals surface area contributed by atoms with Crippen molar-refractivity contribution < 1.29 is 27.1 Å². The number of nitrogens with one attached hydrogen (secondary N) is 2. The van der Waals surface area contributed by atoms with Gasteiger partial charge in [0.25, 0.3) is 0 Å². The van der Waals surface area contributed by atoms with Gasteiger partial charge in [-0.05, 0) is 0 Å². The molecule has 0 saturated carbocycles. The molecule has 1 atom stereocenters. The molecule has 0 aliphatic carbocycles. The van der Waals surface area contributed by atoms with Gasteiger partial charge in [-0.15, -0.1) is 0 Å². The van der Waals surface area contributed by atoms with Gasteiger partial charge in [-0.3, -0.25) is 0 Å². The third-order valence-electron chi connectivity index (χ3n) is 2.68. The van der Waals surface area contributed by atoms with Crippen LogP contribution < -0.4 is 9.72 Å². The molecule has 12 heteroatoms. The van der Waals surface area contributed by atoms with Gasteiger partial charge >= 0.3 is 127 Å². The van der Waals surface area contributed by atoms with E-state index in [0.29, 0.717) is 19.8 Å². The Morgan fingerprint density at radius 1 is 0.952 bits per heavy atom. The predicted molar refractivity (Wildman–Crippen MR) is 88.2 cm³/mol. The van der Waals surface area contributed by atoms with Crippen LogP contribution in [0.3, 0.4) is 0 Å². The molecule has 9 nitrogen and oxygen atoms in total. The summed E-state index contributed by atoms with van der Waals surface area (Å²) in [5, 5.41) is 0. The van der Waals surface area contributed by atoms with E-state index in [4.69, 9.17) is 27.1 Å². The molecule has 1 rings (SSSR count). The Kier molecular flexibility index (Phi) is 8.09. The van der Waals surface area contributed by atoms with Gasteiger partial charge in [0.2, 0.25) is 0 Å². The topological polar surface area (TPSA) is 91.8 Å². The molecular weight excluding hydrogens is 339 g/mol. The first-order chi connectivity index (χ1) is 9.99. The molecule has 0 aromatic rings. The molecule has 0 bridgehead atoms. The van der Waals surface area contributed by atoms with E-state index in [1.165, 1.54) is 7.11 Å². The quantitative estimate of drug-likeness (QED) is 0.601. The Bertz CT molecular complexity index is 390. The summed E-state index contributed by atoms with van der Waals surface area (Å²) in [6.45, 7) is 6.94. The van der Waals surface area contributed by atoms with Crippen LogP contribution in [0.25, 0.3) is 0 Å². The van der Waals surface area contributed by atoms with Gasteiger partial charge in [0.1, 0.15) is 0 Å². The van der Waals surface area contributed by atoms with Crippen molar-refractivity contribution >= 4 is 23.7 Å². The van der Waals surface area contributed by atoms with Crippen molar-refractivity contribution in [2.75, 3.05) is 41.2 Å². The number of hydrogen-bond donors (Lipinski definition) is 2. The zero-order chi connectivity index (χ0) is 16.0. The van der Waals surface area contributed by atoms with Crippen LogP contribution in [0.15, 0.2) is 4.52 Å². The standard InChI is InChI=1S/C9H28N3O6P3/c1-7-16-19(13-4)10-20(14-5,17-8-2)12-21(11-19,15-6)18-9-3/h10-11,19-20H,7-9H2,1-6H3. The first-order valence-corrected chi connectivity index (χ1v) is 11.9. The van der Waals surface area contributed by atoms with Crippen molar-refractivity contribution in [2.45, 2.75) is 20.8 Å².